The molecule has 4 atom stereocenters. The van der Waals surface area contributed by atoms with Crippen LogP contribution in [0.4, 0.5) is 0 Å². The largest absolute Gasteiger partial charge is 0.457 e. The van der Waals surface area contributed by atoms with Crippen molar-refractivity contribution in [3.63, 3.8) is 0 Å². The second-order valence-corrected chi connectivity index (χ2v) is 18.8. The molecule has 2 saturated heterocycles. The highest BCUT2D eigenvalue weighted by molar-refractivity contribution is 6.31. The number of aliphatic hydroxyl groups excluding tert-OH is 1. The van der Waals surface area contributed by atoms with Gasteiger partial charge in [0, 0.05) is 47.7 Å². The van der Waals surface area contributed by atoms with Gasteiger partial charge in [0.25, 0.3) is 0 Å². The molecule has 0 unspecified atom stereocenters. The zero-order valence-electron chi connectivity index (χ0n) is 38.5. The zero-order chi connectivity index (χ0) is 47.7. The SMILES string of the molecule is CNCC[C@H]1C(=O)N[C@@H](CO)C(=O)N[C@@]2(Cc3ccc(Cl)cc3)CCCN(C2)C(=O)[C@H](Cc2ccccc2)CC(=O)N1Cc1ccc(Cl)cc1Oc1ccc(-c2cnc(CN(C)C)n2C)cc1. The fourth-order valence-corrected chi connectivity index (χ4v) is 9.42. The zero-order valence-corrected chi connectivity index (χ0v) is 40.0. The number of benzene rings is 4. The third kappa shape index (κ3) is 12.4. The summed E-state index contributed by atoms with van der Waals surface area (Å²) in [4.78, 5) is 69.1. The molecule has 354 valence electrons. The number of nitrogens with one attached hydrogen (secondary N) is 3. The second kappa shape index (κ2) is 22.4. The maximum Gasteiger partial charge on any atom is 0.245 e. The number of amides is 4. The van der Waals surface area contributed by atoms with Crippen molar-refractivity contribution in [1.29, 1.82) is 0 Å². The van der Waals surface area contributed by atoms with Gasteiger partial charge in [-0.2, -0.15) is 0 Å². The minimum atomic E-state index is -1.35. The van der Waals surface area contributed by atoms with E-state index < -0.39 is 47.9 Å². The predicted octanol–water partition coefficient (Wildman–Crippen LogP) is 6.01. The third-order valence-corrected chi connectivity index (χ3v) is 13.1. The smallest absolute Gasteiger partial charge is 0.245 e. The van der Waals surface area contributed by atoms with Crippen molar-refractivity contribution < 1.29 is 29.0 Å². The van der Waals surface area contributed by atoms with Gasteiger partial charge >= 0.3 is 0 Å². The number of rotatable bonds is 15. The van der Waals surface area contributed by atoms with Crippen LogP contribution in [0.15, 0.2) is 103 Å². The van der Waals surface area contributed by atoms with Crippen molar-refractivity contribution in [2.75, 3.05) is 47.4 Å². The first kappa shape index (κ1) is 49.1. The number of piperidine rings is 1. The molecule has 0 radical (unpaired) electrons. The van der Waals surface area contributed by atoms with E-state index in [1.54, 1.807) is 42.3 Å². The first-order valence-corrected chi connectivity index (χ1v) is 23.5. The number of nitrogens with zero attached hydrogens (tertiary/aromatic N) is 5. The Morgan fingerprint density at radius 1 is 0.925 bits per heavy atom. The number of hydrogen-bond acceptors (Lipinski definition) is 9. The molecule has 4 amide bonds. The van der Waals surface area contributed by atoms with Crippen LogP contribution in [0.2, 0.25) is 10.0 Å². The fraction of sp³-hybridized carbons (Fsp3) is 0.392. The molecular weight excluding hydrogens is 892 g/mol. The first-order chi connectivity index (χ1) is 32.2. The predicted molar refractivity (Wildman–Crippen MR) is 260 cm³/mol. The molecule has 5 aromatic rings. The molecule has 4 N–H and O–H groups in total. The number of carbonyl (C=O) groups is 4. The Hall–Kier alpha value is -5.77. The molecular formula is C51H60Cl2N8O6. The highest BCUT2D eigenvalue weighted by Gasteiger charge is 2.43. The van der Waals surface area contributed by atoms with Crippen LogP contribution in [0.25, 0.3) is 11.3 Å². The van der Waals surface area contributed by atoms with E-state index in [0.717, 1.165) is 28.2 Å². The number of hydrogen-bond donors (Lipinski definition) is 4. The first-order valence-electron chi connectivity index (χ1n) is 22.7. The Kier molecular flexibility index (Phi) is 16.4. The van der Waals surface area contributed by atoms with Crippen LogP contribution in [0.1, 0.15) is 48.2 Å². The summed E-state index contributed by atoms with van der Waals surface area (Å²) in [6, 6.07) is 27.1. The highest BCUT2D eigenvalue weighted by atomic mass is 35.5. The van der Waals surface area contributed by atoms with Gasteiger partial charge in [-0.15, -0.1) is 0 Å². The van der Waals surface area contributed by atoms with Crippen molar-refractivity contribution in [2.24, 2.45) is 13.0 Å². The lowest BCUT2D eigenvalue weighted by atomic mass is 9.81. The van der Waals surface area contributed by atoms with Crippen LogP contribution in [-0.2, 0) is 52.2 Å². The molecule has 14 nitrogen and oxygen atoms in total. The van der Waals surface area contributed by atoms with E-state index in [0.29, 0.717) is 66.0 Å². The van der Waals surface area contributed by atoms with Crippen LogP contribution in [-0.4, -0.2) is 118 Å². The topological polar surface area (TPSA) is 161 Å². The van der Waals surface area contributed by atoms with E-state index in [4.69, 9.17) is 27.9 Å². The summed E-state index contributed by atoms with van der Waals surface area (Å²) in [5.41, 5.74) is 3.27. The number of fused-ring (bicyclic) bond motifs is 2. The minimum absolute atomic E-state index is 0.106. The quantitative estimate of drug-likeness (QED) is 0.0986. The molecule has 3 heterocycles. The average Bonchev–Trinajstić information content (AvgIpc) is 3.67. The van der Waals surface area contributed by atoms with Gasteiger partial charge in [-0.25, -0.2) is 4.98 Å². The van der Waals surface area contributed by atoms with Gasteiger partial charge < -0.3 is 45.1 Å². The summed E-state index contributed by atoms with van der Waals surface area (Å²) >= 11 is 12.8. The molecule has 0 saturated carbocycles. The lowest BCUT2D eigenvalue weighted by Crippen LogP contribution is -2.65. The van der Waals surface area contributed by atoms with Crippen LogP contribution >= 0.6 is 23.2 Å². The summed E-state index contributed by atoms with van der Waals surface area (Å²) in [7, 11) is 7.72. The molecule has 67 heavy (non-hydrogen) atoms. The number of aromatic nitrogens is 2. The Balaban J connectivity index is 1.25. The second-order valence-electron chi connectivity index (χ2n) is 17.9. The summed E-state index contributed by atoms with van der Waals surface area (Å²) in [5.74, 6) is -0.892. The van der Waals surface area contributed by atoms with Gasteiger partial charge in [-0.3, -0.25) is 19.2 Å². The lowest BCUT2D eigenvalue weighted by Gasteiger charge is -2.45. The van der Waals surface area contributed by atoms with Gasteiger partial charge in [0.2, 0.25) is 23.6 Å². The van der Waals surface area contributed by atoms with Gasteiger partial charge in [0.15, 0.2) is 0 Å². The van der Waals surface area contributed by atoms with Crippen LogP contribution in [0, 0.1) is 5.92 Å². The molecule has 2 aliphatic rings. The van der Waals surface area contributed by atoms with Crippen molar-refractivity contribution in [1.82, 2.24) is 40.2 Å². The normalized spacial score (nSPS) is 20.7. The number of carbonyl (C=O) groups excluding carboxylic acids is 4. The Labute approximate surface area is 402 Å². The molecule has 16 heteroatoms. The number of halogens is 2. The van der Waals surface area contributed by atoms with E-state index in [1.807, 2.05) is 94.1 Å². The number of ether oxygens (including phenoxy) is 1. The van der Waals surface area contributed by atoms with Crippen molar-refractivity contribution in [3.05, 3.63) is 136 Å². The summed E-state index contributed by atoms with van der Waals surface area (Å²) in [5, 5.41) is 20.8. The van der Waals surface area contributed by atoms with Crippen molar-refractivity contribution in [3.8, 4) is 22.8 Å². The molecule has 2 bridgehead atoms. The van der Waals surface area contributed by atoms with E-state index >= 15 is 9.59 Å². The van der Waals surface area contributed by atoms with Gasteiger partial charge in [-0.05, 0) is 119 Å². The van der Waals surface area contributed by atoms with E-state index in [-0.39, 0.29) is 38.3 Å². The molecule has 0 spiro atoms. The van der Waals surface area contributed by atoms with Gasteiger partial charge in [0.1, 0.15) is 29.4 Å². The third-order valence-electron chi connectivity index (χ3n) is 12.6. The monoisotopic (exact) mass is 950 g/mol. The Bertz CT molecular complexity index is 2500. The van der Waals surface area contributed by atoms with E-state index in [1.165, 1.54) is 4.90 Å². The van der Waals surface area contributed by atoms with E-state index in [9.17, 15) is 14.7 Å². The minimum Gasteiger partial charge on any atom is -0.457 e. The lowest BCUT2D eigenvalue weighted by molar-refractivity contribution is -0.148. The van der Waals surface area contributed by atoms with Crippen LogP contribution < -0.4 is 20.7 Å². The standard InChI is InChI=1S/C51H60Cl2N8O6/c1-54-23-21-43-49(65)56-42(32-62)48(64)57-51(28-35-11-16-39(52)17-12-35)22-8-24-60(33-51)50(66)38(25-34-9-6-5-7-10-34)26-47(63)61(43)30-37-13-18-40(53)27-45(37)67-41-19-14-36(15-20-41)44-29-55-46(59(44)4)31-58(2)3/h5-7,9-20,27,29,38,42-43,54,62H,8,21-26,28,30-33H2,1-4H3,(H,56,65)(H,57,64)/t38-,42+,43+,51-/m1/s1. The number of aliphatic hydroxyl groups is 1. The molecule has 1 aromatic heterocycles. The van der Waals surface area contributed by atoms with Crippen molar-refractivity contribution in [2.45, 2.75) is 69.2 Å². The Morgan fingerprint density at radius 3 is 2.36 bits per heavy atom. The van der Waals surface area contributed by atoms with Crippen LogP contribution in [0.5, 0.6) is 11.5 Å². The maximum absolute atomic E-state index is 15.2. The average molecular weight is 952 g/mol. The van der Waals surface area contributed by atoms with Gasteiger partial charge in [-0.1, -0.05) is 71.7 Å². The fourth-order valence-electron chi connectivity index (χ4n) is 9.13. The molecule has 2 fully saturated rings. The maximum atomic E-state index is 15.2. The van der Waals surface area contributed by atoms with E-state index in [2.05, 4.69) is 30.4 Å². The molecule has 7 rings (SSSR count). The van der Waals surface area contributed by atoms with Crippen LogP contribution in [0.3, 0.4) is 0 Å². The summed E-state index contributed by atoms with van der Waals surface area (Å²) in [6.45, 7) is 0.799. The van der Waals surface area contributed by atoms with Crippen molar-refractivity contribution >= 4 is 46.8 Å². The van der Waals surface area contributed by atoms with Gasteiger partial charge in [0.05, 0.1) is 43.0 Å². The molecule has 4 aromatic carbocycles. The summed E-state index contributed by atoms with van der Waals surface area (Å²) < 4.78 is 8.56. The molecule has 0 aliphatic carbocycles. The number of imidazole rings is 1. The highest BCUT2D eigenvalue weighted by Crippen LogP contribution is 2.34. The Morgan fingerprint density at radius 2 is 1.66 bits per heavy atom. The molecule has 2 aliphatic heterocycles. The summed E-state index contributed by atoms with van der Waals surface area (Å²) in [6.07, 6.45) is 3.53.